The molecule has 2 heterocycles. The van der Waals surface area contributed by atoms with Gasteiger partial charge in [0.2, 0.25) is 0 Å². The van der Waals surface area contributed by atoms with Crippen LogP contribution in [0.4, 0.5) is 0 Å². The molecule has 0 saturated carbocycles. The Balaban J connectivity index is 1.76. The fourth-order valence-corrected chi connectivity index (χ4v) is 3.89. The third-order valence-corrected chi connectivity index (χ3v) is 5.39. The van der Waals surface area contributed by atoms with Crippen LogP contribution in [0.2, 0.25) is 0 Å². The van der Waals surface area contributed by atoms with Gasteiger partial charge in [0.05, 0.1) is 5.56 Å². The van der Waals surface area contributed by atoms with Crippen molar-refractivity contribution >= 4 is 23.3 Å². The normalized spacial score (nSPS) is 13.9. The van der Waals surface area contributed by atoms with Crippen LogP contribution < -0.4 is 4.74 Å². The summed E-state index contributed by atoms with van der Waals surface area (Å²) in [6.07, 6.45) is 3.66. The maximum absolute atomic E-state index is 11.5. The van der Waals surface area contributed by atoms with E-state index in [2.05, 4.69) is 4.98 Å². The standard InChI is InChI=1S/C22H17NO4S/c24-19-6-3-10-23-21(19)28-11-9-17-16-5-2-1-4-15(16)13-27-20-8-7-14(22(25)26)12-18(17)20/h1-10,12,24H,11,13H2,(H,25,26)/b17-9+. The molecule has 1 aliphatic rings. The van der Waals surface area contributed by atoms with Crippen molar-refractivity contribution in [2.45, 2.75) is 11.6 Å². The Kier molecular flexibility index (Phi) is 5.04. The van der Waals surface area contributed by atoms with Gasteiger partial charge in [-0.15, -0.1) is 0 Å². The van der Waals surface area contributed by atoms with E-state index >= 15 is 0 Å². The van der Waals surface area contributed by atoms with E-state index in [1.165, 1.54) is 11.8 Å². The van der Waals surface area contributed by atoms with Crippen molar-refractivity contribution in [2.75, 3.05) is 5.75 Å². The Bertz CT molecular complexity index is 1080. The smallest absolute Gasteiger partial charge is 0.335 e. The lowest BCUT2D eigenvalue weighted by molar-refractivity contribution is 0.0697. The highest BCUT2D eigenvalue weighted by molar-refractivity contribution is 7.99. The molecule has 140 valence electrons. The molecule has 0 saturated heterocycles. The largest absolute Gasteiger partial charge is 0.505 e. The zero-order chi connectivity index (χ0) is 19.5. The number of aromatic nitrogens is 1. The van der Waals surface area contributed by atoms with Crippen LogP contribution in [0.1, 0.15) is 27.0 Å². The van der Waals surface area contributed by atoms with E-state index in [4.69, 9.17) is 4.74 Å². The number of nitrogens with zero attached hydrogens (tertiary/aromatic N) is 1. The number of hydrogen-bond donors (Lipinski definition) is 2. The minimum Gasteiger partial charge on any atom is -0.505 e. The number of rotatable bonds is 4. The summed E-state index contributed by atoms with van der Waals surface area (Å²) < 4.78 is 5.93. The van der Waals surface area contributed by atoms with Crippen LogP contribution in [0.15, 0.2) is 71.9 Å². The number of carbonyl (C=O) groups is 1. The molecule has 0 amide bonds. The topological polar surface area (TPSA) is 79.7 Å². The zero-order valence-corrected chi connectivity index (χ0v) is 15.6. The summed E-state index contributed by atoms with van der Waals surface area (Å²) in [4.78, 5) is 15.6. The van der Waals surface area contributed by atoms with Crippen molar-refractivity contribution in [1.82, 2.24) is 4.98 Å². The van der Waals surface area contributed by atoms with E-state index in [9.17, 15) is 15.0 Å². The lowest BCUT2D eigenvalue weighted by atomic mass is 9.93. The number of fused-ring (bicyclic) bond motifs is 2. The lowest BCUT2D eigenvalue weighted by Crippen LogP contribution is -1.99. The van der Waals surface area contributed by atoms with E-state index in [0.29, 0.717) is 23.1 Å². The summed E-state index contributed by atoms with van der Waals surface area (Å²) in [6.45, 7) is 0.418. The summed E-state index contributed by atoms with van der Waals surface area (Å²) in [5.74, 6) is 0.375. The monoisotopic (exact) mass is 391 g/mol. The van der Waals surface area contributed by atoms with E-state index in [-0.39, 0.29) is 11.3 Å². The van der Waals surface area contributed by atoms with Crippen LogP contribution in [0.3, 0.4) is 0 Å². The maximum atomic E-state index is 11.5. The fourth-order valence-electron chi connectivity index (χ4n) is 3.13. The van der Waals surface area contributed by atoms with Gasteiger partial charge < -0.3 is 14.9 Å². The Hall–Kier alpha value is -3.25. The Labute approximate surface area is 166 Å². The predicted molar refractivity (Wildman–Crippen MR) is 108 cm³/mol. The molecule has 0 aliphatic carbocycles. The number of pyridine rings is 1. The Morgan fingerprint density at radius 3 is 2.82 bits per heavy atom. The quantitative estimate of drug-likeness (QED) is 0.633. The van der Waals surface area contributed by atoms with Crippen LogP contribution in [-0.4, -0.2) is 26.9 Å². The molecule has 0 unspecified atom stereocenters. The van der Waals surface area contributed by atoms with E-state index in [1.807, 2.05) is 30.3 Å². The van der Waals surface area contributed by atoms with Crippen LogP contribution in [-0.2, 0) is 6.61 Å². The fraction of sp³-hybridized carbons (Fsp3) is 0.0909. The average molecular weight is 391 g/mol. The van der Waals surface area contributed by atoms with Gasteiger partial charge in [-0.2, -0.15) is 0 Å². The zero-order valence-electron chi connectivity index (χ0n) is 14.8. The second-order valence-electron chi connectivity index (χ2n) is 6.22. The van der Waals surface area contributed by atoms with Gasteiger partial charge in [0.15, 0.2) is 0 Å². The van der Waals surface area contributed by atoms with Crippen molar-refractivity contribution in [3.63, 3.8) is 0 Å². The number of carboxylic acids is 1. The number of hydrogen-bond acceptors (Lipinski definition) is 5. The first kappa shape index (κ1) is 18.1. The summed E-state index contributed by atoms with van der Waals surface area (Å²) in [7, 11) is 0. The molecule has 28 heavy (non-hydrogen) atoms. The van der Waals surface area contributed by atoms with Crippen molar-refractivity contribution in [3.05, 3.63) is 89.1 Å². The average Bonchev–Trinajstić information content (AvgIpc) is 2.86. The van der Waals surface area contributed by atoms with Gasteiger partial charge in [-0.1, -0.05) is 42.1 Å². The number of aromatic carboxylic acids is 1. The molecule has 4 rings (SSSR count). The van der Waals surface area contributed by atoms with Crippen LogP contribution in [0.5, 0.6) is 11.5 Å². The van der Waals surface area contributed by atoms with Gasteiger partial charge in [0, 0.05) is 17.5 Å². The molecular formula is C22H17NO4S. The molecule has 0 radical (unpaired) electrons. The molecule has 0 bridgehead atoms. The summed E-state index contributed by atoms with van der Waals surface area (Å²) in [6, 6.07) is 16.1. The molecule has 5 nitrogen and oxygen atoms in total. The first-order valence-corrected chi connectivity index (χ1v) is 9.68. The number of aromatic hydroxyl groups is 1. The Morgan fingerprint density at radius 1 is 1.14 bits per heavy atom. The number of carboxylic acid groups (broad SMARTS) is 1. The highest BCUT2D eigenvalue weighted by Gasteiger charge is 2.20. The first-order valence-electron chi connectivity index (χ1n) is 8.69. The van der Waals surface area contributed by atoms with Crippen LogP contribution in [0, 0.1) is 0 Å². The highest BCUT2D eigenvalue weighted by Crippen LogP contribution is 2.38. The van der Waals surface area contributed by atoms with Crippen molar-refractivity contribution in [1.29, 1.82) is 0 Å². The number of ether oxygens (including phenoxy) is 1. The molecular weight excluding hydrogens is 374 g/mol. The molecule has 0 atom stereocenters. The summed E-state index contributed by atoms with van der Waals surface area (Å²) in [5.41, 5.74) is 3.91. The van der Waals surface area contributed by atoms with E-state index < -0.39 is 5.97 Å². The van der Waals surface area contributed by atoms with Crippen molar-refractivity contribution in [2.24, 2.45) is 0 Å². The SMILES string of the molecule is O=C(O)c1ccc2c(c1)/C(=C/CSc1ncccc1O)c1ccccc1CO2. The molecule has 0 fully saturated rings. The predicted octanol–water partition coefficient (Wildman–Crippen LogP) is 4.60. The molecule has 1 aliphatic heterocycles. The van der Waals surface area contributed by atoms with Gasteiger partial charge >= 0.3 is 5.97 Å². The van der Waals surface area contributed by atoms with E-state index in [0.717, 1.165) is 22.3 Å². The van der Waals surface area contributed by atoms with Gasteiger partial charge in [0.1, 0.15) is 23.1 Å². The summed E-state index contributed by atoms with van der Waals surface area (Å²) in [5, 5.41) is 19.9. The van der Waals surface area contributed by atoms with E-state index in [1.54, 1.807) is 36.5 Å². The molecule has 1 aromatic heterocycles. The maximum Gasteiger partial charge on any atom is 0.335 e. The molecule has 2 N–H and O–H groups in total. The van der Waals surface area contributed by atoms with Crippen molar-refractivity contribution < 1.29 is 19.7 Å². The number of benzene rings is 2. The molecule has 0 spiro atoms. The van der Waals surface area contributed by atoms with Crippen LogP contribution >= 0.6 is 11.8 Å². The van der Waals surface area contributed by atoms with Gasteiger partial charge in [-0.05, 0) is 47.0 Å². The molecule has 6 heteroatoms. The molecule has 2 aromatic carbocycles. The summed E-state index contributed by atoms with van der Waals surface area (Å²) >= 11 is 1.41. The number of thioether (sulfide) groups is 1. The minimum atomic E-state index is -0.979. The van der Waals surface area contributed by atoms with Crippen LogP contribution in [0.25, 0.3) is 5.57 Å². The second kappa shape index (κ2) is 7.78. The van der Waals surface area contributed by atoms with Gasteiger partial charge in [-0.25, -0.2) is 9.78 Å². The lowest BCUT2D eigenvalue weighted by Gasteiger charge is -2.11. The Morgan fingerprint density at radius 2 is 2.00 bits per heavy atom. The highest BCUT2D eigenvalue weighted by atomic mass is 32.2. The third-order valence-electron chi connectivity index (χ3n) is 4.47. The van der Waals surface area contributed by atoms with Crippen molar-refractivity contribution in [3.8, 4) is 11.5 Å². The third kappa shape index (κ3) is 3.59. The minimum absolute atomic E-state index is 0.143. The second-order valence-corrected chi connectivity index (χ2v) is 7.23. The molecule has 3 aromatic rings. The first-order chi connectivity index (χ1) is 13.6. The van der Waals surface area contributed by atoms with Gasteiger partial charge in [0.25, 0.3) is 0 Å². The van der Waals surface area contributed by atoms with Gasteiger partial charge in [-0.3, -0.25) is 0 Å².